The van der Waals surface area contributed by atoms with Crippen molar-refractivity contribution in [3.63, 3.8) is 0 Å². The summed E-state index contributed by atoms with van der Waals surface area (Å²) in [5.74, 6) is 1.52. The van der Waals surface area contributed by atoms with Crippen molar-refractivity contribution < 1.29 is 14.3 Å². The largest absolute Gasteiger partial charge is 0.497 e. The molecule has 4 nitrogen and oxygen atoms in total. The highest BCUT2D eigenvalue weighted by atomic mass is 16.5. The summed E-state index contributed by atoms with van der Waals surface area (Å²) in [5.41, 5.74) is 2.34. The van der Waals surface area contributed by atoms with Crippen LogP contribution in [0.5, 0.6) is 11.5 Å². The zero-order chi connectivity index (χ0) is 16.7. The Hall–Kier alpha value is -2.49. The molecule has 0 atom stereocenters. The van der Waals surface area contributed by atoms with Gasteiger partial charge in [-0.25, -0.2) is 0 Å². The molecule has 0 radical (unpaired) electrons. The lowest BCUT2D eigenvalue weighted by Gasteiger charge is -2.17. The van der Waals surface area contributed by atoms with Gasteiger partial charge in [0.2, 0.25) is 0 Å². The van der Waals surface area contributed by atoms with Gasteiger partial charge in [-0.05, 0) is 43.2 Å². The van der Waals surface area contributed by atoms with Gasteiger partial charge in [-0.1, -0.05) is 29.8 Å². The fourth-order valence-electron chi connectivity index (χ4n) is 2.10. The molecule has 2 aromatic carbocycles. The molecule has 0 aliphatic carbocycles. The Morgan fingerprint density at radius 3 is 2.22 bits per heavy atom. The van der Waals surface area contributed by atoms with Crippen LogP contribution in [-0.4, -0.2) is 38.1 Å². The third-order valence-corrected chi connectivity index (χ3v) is 3.70. The summed E-state index contributed by atoms with van der Waals surface area (Å²) in [5, 5.41) is 0. The SMILES string of the molecule is COc1ccc(CCN(C)C(=O)COc2ccc(C)cc2)cc1. The van der Waals surface area contributed by atoms with Crippen molar-refractivity contribution in [2.24, 2.45) is 0 Å². The molecule has 0 spiro atoms. The van der Waals surface area contributed by atoms with Gasteiger partial charge in [0.1, 0.15) is 11.5 Å². The fourth-order valence-corrected chi connectivity index (χ4v) is 2.10. The van der Waals surface area contributed by atoms with Crippen molar-refractivity contribution in [2.45, 2.75) is 13.3 Å². The van der Waals surface area contributed by atoms with E-state index in [0.29, 0.717) is 12.3 Å². The maximum Gasteiger partial charge on any atom is 0.260 e. The van der Waals surface area contributed by atoms with Crippen molar-refractivity contribution in [1.29, 1.82) is 0 Å². The molecular formula is C19H23NO3. The molecule has 1 amide bonds. The van der Waals surface area contributed by atoms with Crippen LogP contribution in [0.2, 0.25) is 0 Å². The van der Waals surface area contributed by atoms with Gasteiger partial charge in [0, 0.05) is 13.6 Å². The second kappa shape index (κ2) is 8.22. The highest BCUT2D eigenvalue weighted by molar-refractivity contribution is 5.77. The first-order valence-electron chi connectivity index (χ1n) is 7.65. The number of nitrogens with zero attached hydrogens (tertiary/aromatic N) is 1. The third kappa shape index (κ3) is 5.33. The normalized spacial score (nSPS) is 10.2. The number of likely N-dealkylation sites (N-methyl/N-ethyl adjacent to an activating group) is 1. The van der Waals surface area contributed by atoms with Crippen molar-refractivity contribution in [3.05, 3.63) is 59.7 Å². The quantitative estimate of drug-likeness (QED) is 0.788. The predicted octanol–water partition coefficient (Wildman–Crippen LogP) is 3.08. The first kappa shape index (κ1) is 16.9. The average Bonchev–Trinajstić information content (AvgIpc) is 2.59. The van der Waals surface area contributed by atoms with Crippen LogP contribution in [0.4, 0.5) is 0 Å². The monoisotopic (exact) mass is 313 g/mol. The lowest BCUT2D eigenvalue weighted by molar-refractivity contribution is -0.132. The zero-order valence-electron chi connectivity index (χ0n) is 13.9. The molecule has 2 rings (SSSR count). The summed E-state index contributed by atoms with van der Waals surface area (Å²) in [6.45, 7) is 2.73. The minimum atomic E-state index is -0.0286. The summed E-state index contributed by atoms with van der Waals surface area (Å²) < 4.78 is 10.7. The van der Waals surface area contributed by atoms with Crippen molar-refractivity contribution in [3.8, 4) is 11.5 Å². The van der Waals surface area contributed by atoms with Gasteiger partial charge in [0.15, 0.2) is 6.61 Å². The van der Waals surface area contributed by atoms with Gasteiger partial charge in [0.25, 0.3) is 5.91 Å². The minimum Gasteiger partial charge on any atom is -0.497 e. The van der Waals surface area contributed by atoms with Crippen LogP contribution in [0, 0.1) is 6.92 Å². The number of amides is 1. The van der Waals surface area contributed by atoms with E-state index in [9.17, 15) is 4.79 Å². The third-order valence-electron chi connectivity index (χ3n) is 3.70. The minimum absolute atomic E-state index is 0.0286. The van der Waals surface area contributed by atoms with E-state index < -0.39 is 0 Å². The van der Waals surface area contributed by atoms with E-state index in [2.05, 4.69) is 0 Å². The molecule has 0 aliphatic heterocycles. The molecule has 23 heavy (non-hydrogen) atoms. The first-order valence-corrected chi connectivity index (χ1v) is 7.65. The van der Waals surface area contributed by atoms with E-state index in [4.69, 9.17) is 9.47 Å². The zero-order valence-corrected chi connectivity index (χ0v) is 13.9. The molecule has 4 heteroatoms. The standard InChI is InChI=1S/C19H23NO3/c1-15-4-8-18(9-5-15)23-14-19(21)20(2)13-12-16-6-10-17(22-3)11-7-16/h4-11H,12-14H2,1-3H3. The predicted molar refractivity (Wildman–Crippen MR) is 91.0 cm³/mol. The lowest BCUT2D eigenvalue weighted by Crippen LogP contribution is -2.33. The molecule has 122 valence electrons. The Balaban J connectivity index is 1.76. The molecule has 0 saturated carbocycles. The number of hydrogen-bond acceptors (Lipinski definition) is 3. The van der Waals surface area contributed by atoms with Crippen LogP contribution in [-0.2, 0) is 11.2 Å². The Bertz CT molecular complexity index is 620. The van der Waals surface area contributed by atoms with Crippen molar-refractivity contribution in [1.82, 2.24) is 4.90 Å². The summed E-state index contributed by atoms with van der Waals surface area (Å²) >= 11 is 0. The highest BCUT2D eigenvalue weighted by Crippen LogP contribution is 2.13. The van der Waals surface area contributed by atoms with Gasteiger partial charge < -0.3 is 14.4 Å². The number of benzene rings is 2. The van der Waals surface area contributed by atoms with Crippen molar-refractivity contribution in [2.75, 3.05) is 27.3 Å². The summed E-state index contributed by atoms with van der Waals surface area (Å²) in [4.78, 5) is 13.8. The Labute approximate surface area is 137 Å². The molecular weight excluding hydrogens is 290 g/mol. The van der Waals surface area contributed by atoms with Crippen LogP contribution in [0.3, 0.4) is 0 Å². The molecule has 0 aliphatic rings. The average molecular weight is 313 g/mol. The summed E-state index contributed by atoms with van der Waals surface area (Å²) in [6.07, 6.45) is 0.802. The topological polar surface area (TPSA) is 38.8 Å². The molecule has 0 fully saturated rings. The number of methoxy groups -OCH3 is 1. The van der Waals surface area contributed by atoms with Crippen LogP contribution >= 0.6 is 0 Å². The number of hydrogen-bond donors (Lipinski definition) is 0. The fraction of sp³-hybridized carbons (Fsp3) is 0.316. The summed E-state index contributed by atoms with van der Waals surface area (Å²) in [7, 11) is 3.44. The molecule has 0 saturated heterocycles. The molecule has 0 aromatic heterocycles. The number of carbonyl (C=O) groups is 1. The first-order chi connectivity index (χ1) is 11.1. The molecule has 0 N–H and O–H groups in total. The van der Waals surface area contributed by atoms with E-state index in [-0.39, 0.29) is 12.5 Å². The van der Waals surface area contributed by atoms with E-state index >= 15 is 0 Å². The summed E-state index contributed by atoms with van der Waals surface area (Å²) in [6, 6.07) is 15.6. The number of carbonyl (C=O) groups excluding carboxylic acids is 1. The van der Waals surface area contributed by atoms with Crippen LogP contribution in [0.1, 0.15) is 11.1 Å². The van der Waals surface area contributed by atoms with E-state index in [1.54, 1.807) is 19.1 Å². The number of aryl methyl sites for hydroxylation is 1. The second-order valence-electron chi connectivity index (χ2n) is 5.52. The Kier molecular flexibility index (Phi) is 6.03. The number of ether oxygens (including phenoxy) is 2. The van der Waals surface area contributed by atoms with Gasteiger partial charge in [-0.2, -0.15) is 0 Å². The lowest BCUT2D eigenvalue weighted by atomic mass is 10.1. The van der Waals surface area contributed by atoms with Crippen LogP contribution in [0.25, 0.3) is 0 Å². The van der Waals surface area contributed by atoms with E-state index in [1.807, 2.05) is 55.5 Å². The molecule has 0 unspecified atom stereocenters. The maximum atomic E-state index is 12.1. The van der Waals surface area contributed by atoms with Crippen molar-refractivity contribution >= 4 is 5.91 Å². The Morgan fingerprint density at radius 1 is 1.00 bits per heavy atom. The highest BCUT2D eigenvalue weighted by Gasteiger charge is 2.09. The number of rotatable bonds is 7. The maximum absolute atomic E-state index is 12.1. The van der Waals surface area contributed by atoms with E-state index in [1.165, 1.54) is 11.1 Å². The van der Waals surface area contributed by atoms with Gasteiger partial charge in [0.05, 0.1) is 7.11 Å². The van der Waals surface area contributed by atoms with Gasteiger partial charge in [-0.3, -0.25) is 4.79 Å². The Morgan fingerprint density at radius 2 is 1.61 bits per heavy atom. The van der Waals surface area contributed by atoms with Crippen LogP contribution in [0.15, 0.2) is 48.5 Å². The molecule has 2 aromatic rings. The molecule has 0 heterocycles. The smallest absolute Gasteiger partial charge is 0.260 e. The van der Waals surface area contributed by atoms with E-state index in [0.717, 1.165) is 12.2 Å². The van der Waals surface area contributed by atoms with Gasteiger partial charge >= 0.3 is 0 Å². The van der Waals surface area contributed by atoms with Crippen LogP contribution < -0.4 is 9.47 Å². The molecule has 0 bridgehead atoms. The second-order valence-corrected chi connectivity index (χ2v) is 5.52. The van der Waals surface area contributed by atoms with Gasteiger partial charge in [-0.15, -0.1) is 0 Å².